The van der Waals surface area contributed by atoms with Gasteiger partial charge in [0.25, 0.3) is 0 Å². The summed E-state index contributed by atoms with van der Waals surface area (Å²) in [5.41, 5.74) is 0.731. The first kappa shape index (κ1) is 18.7. The van der Waals surface area contributed by atoms with E-state index in [4.69, 9.17) is 4.74 Å². The van der Waals surface area contributed by atoms with Crippen LogP contribution in [0.15, 0.2) is 24.3 Å². The number of anilines is 1. The van der Waals surface area contributed by atoms with Crippen molar-refractivity contribution < 1.29 is 14.3 Å². The molecule has 1 aromatic rings. The van der Waals surface area contributed by atoms with Gasteiger partial charge in [0.05, 0.1) is 18.7 Å². The van der Waals surface area contributed by atoms with Gasteiger partial charge in [-0.25, -0.2) is 0 Å². The van der Waals surface area contributed by atoms with E-state index in [1.807, 2.05) is 24.3 Å². The first-order valence-corrected chi connectivity index (χ1v) is 9.33. The first-order valence-electron chi connectivity index (χ1n) is 9.33. The van der Waals surface area contributed by atoms with Gasteiger partial charge in [0.1, 0.15) is 5.75 Å². The van der Waals surface area contributed by atoms with Crippen LogP contribution in [-0.4, -0.2) is 69.6 Å². The van der Waals surface area contributed by atoms with Crippen LogP contribution in [0.2, 0.25) is 0 Å². The number of rotatable bonds is 7. The molecule has 7 nitrogen and oxygen atoms in total. The summed E-state index contributed by atoms with van der Waals surface area (Å²) in [6.45, 7) is 6.27. The van der Waals surface area contributed by atoms with E-state index in [-0.39, 0.29) is 24.2 Å². The van der Waals surface area contributed by atoms with Gasteiger partial charge in [-0.15, -0.1) is 0 Å². The summed E-state index contributed by atoms with van der Waals surface area (Å²) < 4.78 is 5.34. The van der Waals surface area contributed by atoms with E-state index >= 15 is 0 Å². The fraction of sp³-hybridized carbons (Fsp3) is 0.579. The Bertz CT molecular complexity index is 631. The lowest BCUT2D eigenvalue weighted by Gasteiger charge is -2.27. The number of methoxy groups -OCH3 is 1. The molecule has 2 heterocycles. The maximum Gasteiger partial charge on any atom is 0.227 e. The molecule has 0 saturated carbocycles. The lowest BCUT2D eigenvalue weighted by Crippen LogP contribution is -2.44. The zero-order valence-electron chi connectivity index (χ0n) is 15.4. The van der Waals surface area contributed by atoms with Crippen molar-refractivity contribution in [1.82, 2.24) is 15.5 Å². The second kappa shape index (κ2) is 9.00. The number of ether oxygens (including phenoxy) is 1. The molecule has 0 spiro atoms. The molecule has 0 radical (unpaired) electrons. The summed E-state index contributed by atoms with van der Waals surface area (Å²) in [4.78, 5) is 28.9. The summed E-state index contributed by atoms with van der Waals surface area (Å²) >= 11 is 0. The number of carbonyl (C=O) groups is 2. The summed E-state index contributed by atoms with van der Waals surface area (Å²) in [7, 11) is 1.59. The van der Waals surface area contributed by atoms with Gasteiger partial charge >= 0.3 is 0 Å². The Morgan fingerprint density at radius 3 is 2.85 bits per heavy atom. The van der Waals surface area contributed by atoms with Crippen molar-refractivity contribution in [3.05, 3.63) is 24.3 Å². The Hall–Kier alpha value is -2.12. The van der Waals surface area contributed by atoms with Crippen molar-refractivity contribution in [1.29, 1.82) is 0 Å². The van der Waals surface area contributed by atoms with Crippen LogP contribution in [0.25, 0.3) is 0 Å². The molecule has 7 heteroatoms. The standard InChI is InChI=1S/C19H28N4O3/c1-26-17-6-3-2-5-16(17)23-14-15(13-18(23)24)19(25)21-7-4-10-22-11-8-20-9-12-22/h2-3,5-6,15,20H,4,7-14H2,1H3,(H,21,25). The number of hydrogen-bond donors (Lipinski definition) is 2. The molecule has 2 aliphatic rings. The Kier molecular flexibility index (Phi) is 6.46. The Morgan fingerprint density at radius 2 is 2.08 bits per heavy atom. The summed E-state index contributed by atoms with van der Waals surface area (Å²) in [6, 6.07) is 7.41. The van der Waals surface area contributed by atoms with E-state index in [9.17, 15) is 9.59 Å². The van der Waals surface area contributed by atoms with Crippen LogP contribution in [0.1, 0.15) is 12.8 Å². The van der Waals surface area contributed by atoms with Gasteiger partial charge in [-0.2, -0.15) is 0 Å². The predicted octanol–water partition coefficient (Wildman–Crippen LogP) is 0.460. The Labute approximate surface area is 154 Å². The number of carbonyl (C=O) groups excluding carboxylic acids is 2. The van der Waals surface area contributed by atoms with Gasteiger partial charge < -0.3 is 25.2 Å². The van der Waals surface area contributed by atoms with Gasteiger partial charge in [-0.1, -0.05) is 12.1 Å². The molecule has 2 amide bonds. The minimum atomic E-state index is -0.299. The van der Waals surface area contributed by atoms with E-state index < -0.39 is 0 Å². The van der Waals surface area contributed by atoms with E-state index in [2.05, 4.69) is 15.5 Å². The quantitative estimate of drug-likeness (QED) is 0.691. The third kappa shape index (κ3) is 4.53. The SMILES string of the molecule is COc1ccccc1N1CC(C(=O)NCCCN2CCNCC2)CC1=O. The maximum atomic E-state index is 12.4. The average Bonchev–Trinajstić information content (AvgIpc) is 3.07. The zero-order valence-corrected chi connectivity index (χ0v) is 15.4. The largest absolute Gasteiger partial charge is 0.495 e. The third-order valence-corrected chi connectivity index (χ3v) is 5.03. The maximum absolute atomic E-state index is 12.4. The van der Waals surface area contributed by atoms with Gasteiger partial charge in [0.2, 0.25) is 11.8 Å². The highest BCUT2D eigenvalue weighted by Gasteiger charge is 2.36. The van der Waals surface area contributed by atoms with Crippen molar-refractivity contribution in [2.75, 3.05) is 57.8 Å². The van der Waals surface area contributed by atoms with E-state index in [1.54, 1.807) is 12.0 Å². The monoisotopic (exact) mass is 360 g/mol. The van der Waals surface area contributed by atoms with Crippen LogP contribution in [0.4, 0.5) is 5.69 Å². The van der Waals surface area contributed by atoms with Crippen molar-refractivity contribution in [3.8, 4) is 5.75 Å². The van der Waals surface area contributed by atoms with Crippen molar-refractivity contribution in [2.45, 2.75) is 12.8 Å². The number of benzene rings is 1. The molecule has 0 bridgehead atoms. The molecular weight excluding hydrogens is 332 g/mol. The molecule has 2 aliphatic heterocycles. The number of hydrogen-bond acceptors (Lipinski definition) is 5. The van der Waals surface area contributed by atoms with Crippen LogP contribution in [0, 0.1) is 5.92 Å². The average molecular weight is 360 g/mol. The molecule has 0 aliphatic carbocycles. The smallest absolute Gasteiger partial charge is 0.227 e. The molecule has 1 unspecified atom stereocenters. The van der Waals surface area contributed by atoms with Crippen LogP contribution in [0.5, 0.6) is 5.75 Å². The van der Waals surface area contributed by atoms with E-state index in [1.165, 1.54) is 0 Å². The molecule has 3 rings (SSSR count). The van der Waals surface area contributed by atoms with E-state index in [0.717, 1.165) is 44.8 Å². The first-order chi connectivity index (χ1) is 12.7. The number of nitrogens with zero attached hydrogens (tertiary/aromatic N) is 2. The molecule has 26 heavy (non-hydrogen) atoms. The minimum Gasteiger partial charge on any atom is -0.495 e. The van der Waals surface area contributed by atoms with Crippen LogP contribution < -0.4 is 20.3 Å². The molecule has 142 valence electrons. The predicted molar refractivity (Wildman–Crippen MR) is 100 cm³/mol. The van der Waals surface area contributed by atoms with Crippen LogP contribution in [0.3, 0.4) is 0 Å². The molecule has 2 fully saturated rings. The number of piperazine rings is 1. The normalized spacial score (nSPS) is 21.0. The lowest BCUT2D eigenvalue weighted by atomic mass is 10.1. The Balaban J connectivity index is 1.46. The molecular formula is C19H28N4O3. The zero-order chi connectivity index (χ0) is 18.4. The topological polar surface area (TPSA) is 73.9 Å². The number of nitrogens with one attached hydrogen (secondary N) is 2. The van der Waals surface area contributed by atoms with E-state index in [0.29, 0.717) is 18.8 Å². The lowest BCUT2D eigenvalue weighted by molar-refractivity contribution is -0.126. The second-order valence-corrected chi connectivity index (χ2v) is 6.81. The van der Waals surface area contributed by atoms with Gasteiger partial charge in [0, 0.05) is 45.7 Å². The van der Waals surface area contributed by atoms with Crippen LogP contribution in [-0.2, 0) is 9.59 Å². The molecule has 1 atom stereocenters. The van der Waals surface area contributed by atoms with Crippen molar-refractivity contribution in [2.24, 2.45) is 5.92 Å². The minimum absolute atomic E-state index is 0.0314. The van der Waals surface area contributed by atoms with Gasteiger partial charge in [0.15, 0.2) is 0 Å². The van der Waals surface area contributed by atoms with Gasteiger partial charge in [-0.05, 0) is 25.1 Å². The molecule has 1 aromatic carbocycles. The number of para-hydroxylation sites is 2. The van der Waals surface area contributed by atoms with Gasteiger partial charge in [-0.3, -0.25) is 9.59 Å². The summed E-state index contributed by atoms with van der Waals surface area (Å²) in [5, 5.41) is 6.33. The third-order valence-electron chi connectivity index (χ3n) is 5.03. The second-order valence-electron chi connectivity index (χ2n) is 6.81. The molecule has 2 N–H and O–H groups in total. The summed E-state index contributed by atoms with van der Waals surface area (Å²) in [6.07, 6.45) is 1.18. The fourth-order valence-corrected chi connectivity index (χ4v) is 3.56. The molecule has 0 aromatic heterocycles. The highest BCUT2D eigenvalue weighted by Crippen LogP contribution is 2.32. The Morgan fingerprint density at radius 1 is 1.31 bits per heavy atom. The van der Waals surface area contributed by atoms with Crippen molar-refractivity contribution >= 4 is 17.5 Å². The van der Waals surface area contributed by atoms with Crippen molar-refractivity contribution in [3.63, 3.8) is 0 Å². The number of amides is 2. The highest BCUT2D eigenvalue weighted by molar-refractivity contribution is 6.01. The fourth-order valence-electron chi connectivity index (χ4n) is 3.56. The highest BCUT2D eigenvalue weighted by atomic mass is 16.5. The summed E-state index contributed by atoms with van der Waals surface area (Å²) in [5.74, 6) is 0.288. The molecule has 2 saturated heterocycles. The van der Waals surface area contributed by atoms with Crippen LogP contribution >= 0.6 is 0 Å².